The van der Waals surface area contributed by atoms with Crippen LogP contribution in [0.4, 0.5) is 10.6 Å². The number of hydrogen-bond acceptors (Lipinski definition) is 7. The molecule has 0 unspecified atom stereocenters. The SMILES string of the molecule is NC(=O)N1CCC(c2ccc(-c3cc4nccnc4c(NC[C@@H]4CNCCO4)n3)cc2)CC1. The molecule has 5 rings (SSSR count). The molecule has 2 amide bonds. The summed E-state index contributed by atoms with van der Waals surface area (Å²) in [5.74, 6) is 1.15. The van der Waals surface area contributed by atoms with E-state index in [1.165, 1.54) is 5.56 Å². The molecule has 4 N–H and O–H groups in total. The second-order valence-corrected chi connectivity index (χ2v) is 8.58. The lowest BCUT2D eigenvalue weighted by Gasteiger charge is -2.31. The summed E-state index contributed by atoms with van der Waals surface area (Å²) >= 11 is 0. The molecule has 2 aliphatic rings. The number of nitrogens with zero attached hydrogens (tertiary/aromatic N) is 4. The van der Waals surface area contributed by atoms with Gasteiger partial charge in [-0.05, 0) is 30.4 Å². The quantitative estimate of drug-likeness (QED) is 0.549. The number of likely N-dealkylation sites (tertiary alicyclic amines) is 1. The Morgan fingerprint density at radius 1 is 1.18 bits per heavy atom. The maximum atomic E-state index is 11.4. The summed E-state index contributed by atoms with van der Waals surface area (Å²) in [7, 11) is 0. The van der Waals surface area contributed by atoms with E-state index in [1.807, 2.05) is 6.07 Å². The van der Waals surface area contributed by atoms with E-state index in [0.717, 1.165) is 48.2 Å². The van der Waals surface area contributed by atoms with Crippen LogP contribution >= 0.6 is 0 Å². The first-order valence-corrected chi connectivity index (χ1v) is 11.5. The normalized spacial score (nSPS) is 19.5. The number of fused-ring (bicyclic) bond motifs is 1. The molecule has 9 nitrogen and oxygen atoms in total. The van der Waals surface area contributed by atoms with E-state index in [0.29, 0.717) is 38.0 Å². The van der Waals surface area contributed by atoms with Crippen LogP contribution in [0.1, 0.15) is 24.3 Å². The maximum Gasteiger partial charge on any atom is 0.314 e. The number of hydrogen-bond donors (Lipinski definition) is 3. The van der Waals surface area contributed by atoms with Gasteiger partial charge in [-0.2, -0.15) is 0 Å². The van der Waals surface area contributed by atoms with Crippen molar-refractivity contribution >= 4 is 22.9 Å². The molecule has 33 heavy (non-hydrogen) atoms. The third kappa shape index (κ3) is 4.89. The first-order chi connectivity index (χ1) is 16.2. The number of rotatable bonds is 5. The Bertz CT molecular complexity index is 1110. The third-order valence-electron chi connectivity index (χ3n) is 6.44. The van der Waals surface area contributed by atoms with Crippen LogP contribution < -0.4 is 16.4 Å². The van der Waals surface area contributed by atoms with E-state index in [4.69, 9.17) is 15.5 Å². The Morgan fingerprint density at radius 2 is 1.97 bits per heavy atom. The number of pyridine rings is 1. The number of aromatic nitrogens is 3. The van der Waals surface area contributed by atoms with Gasteiger partial charge >= 0.3 is 6.03 Å². The summed E-state index contributed by atoms with van der Waals surface area (Å²) in [5, 5.41) is 6.77. The molecule has 0 spiro atoms. The summed E-state index contributed by atoms with van der Waals surface area (Å²) in [5.41, 5.74) is 10.1. The molecule has 0 aliphatic carbocycles. The van der Waals surface area contributed by atoms with Gasteiger partial charge in [0.05, 0.1) is 23.9 Å². The number of nitrogens with one attached hydrogen (secondary N) is 2. The highest BCUT2D eigenvalue weighted by Gasteiger charge is 2.22. The molecule has 3 aromatic rings. The standard InChI is InChI=1S/C24H29N7O2/c25-24(32)31-10-5-17(6-11-31)16-1-3-18(4-2-16)20-13-21-22(28-8-7-27-21)23(30-20)29-15-19-14-26-9-12-33-19/h1-4,7-8,13,17,19,26H,5-6,9-12,14-15H2,(H2,25,32)(H,29,30)/t19-/m0/s1. The monoisotopic (exact) mass is 447 g/mol. The smallest absolute Gasteiger partial charge is 0.314 e. The van der Waals surface area contributed by atoms with E-state index in [2.05, 4.69) is 44.9 Å². The summed E-state index contributed by atoms with van der Waals surface area (Å²) in [6.07, 6.45) is 5.34. The minimum atomic E-state index is -0.329. The van der Waals surface area contributed by atoms with Crippen molar-refractivity contribution in [1.29, 1.82) is 0 Å². The number of ether oxygens (including phenoxy) is 1. The number of urea groups is 1. The Morgan fingerprint density at radius 3 is 2.70 bits per heavy atom. The van der Waals surface area contributed by atoms with Crippen molar-refractivity contribution in [3.63, 3.8) is 0 Å². The lowest BCUT2D eigenvalue weighted by Crippen LogP contribution is -2.42. The van der Waals surface area contributed by atoms with Gasteiger partial charge in [-0.1, -0.05) is 24.3 Å². The van der Waals surface area contributed by atoms with Crippen LogP contribution in [0.5, 0.6) is 0 Å². The highest BCUT2D eigenvalue weighted by Crippen LogP contribution is 2.31. The highest BCUT2D eigenvalue weighted by molar-refractivity contribution is 5.88. The van der Waals surface area contributed by atoms with Crippen LogP contribution in [0.25, 0.3) is 22.3 Å². The fourth-order valence-corrected chi connectivity index (χ4v) is 4.56. The molecule has 0 saturated carbocycles. The van der Waals surface area contributed by atoms with E-state index in [9.17, 15) is 4.79 Å². The minimum Gasteiger partial charge on any atom is -0.374 e. The van der Waals surface area contributed by atoms with Crippen LogP contribution in [0.2, 0.25) is 0 Å². The van der Waals surface area contributed by atoms with Crippen molar-refractivity contribution in [2.75, 3.05) is 44.6 Å². The second-order valence-electron chi connectivity index (χ2n) is 8.58. The summed E-state index contributed by atoms with van der Waals surface area (Å²) in [6, 6.07) is 10.2. The molecule has 0 bridgehead atoms. The van der Waals surface area contributed by atoms with Gasteiger partial charge in [-0.15, -0.1) is 0 Å². The van der Waals surface area contributed by atoms with Gasteiger partial charge in [0.1, 0.15) is 5.52 Å². The van der Waals surface area contributed by atoms with Crippen LogP contribution in [0, 0.1) is 0 Å². The van der Waals surface area contributed by atoms with Crippen molar-refractivity contribution in [1.82, 2.24) is 25.2 Å². The van der Waals surface area contributed by atoms with Gasteiger partial charge in [0, 0.05) is 50.7 Å². The number of benzene rings is 1. The van der Waals surface area contributed by atoms with Crippen molar-refractivity contribution < 1.29 is 9.53 Å². The van der Waals surface area contributed by atoms with Crippen molar-refractivity contribution in [3.05, 3.63) is 48.3 Å². The summed E-state index contributed by atoms with van der Waals surface area (Å²) in [6.45, 7) is 4.49. The Balaban J connectivity index is 1.35. The number of amides is 2. The average Bonchev–Trinajstić information content (AvgIpc) is 2.88. The summed E-state index contributed by atoms with van der Waals surface area (Å²) in [4.78, 5) is 27.0. The van der Waals surface area contributed by atoms with Crippen LogP contribution in [0.3, 0.4) is 0 Å². The number of piperidine rings is 1. The molecular formula is C24H29N7O2. The number of primary amides is 1. The van der Waals surface area contributed by atoms with E-state index in [-0.39, 0.29) is 12.1 Å². The average molecular weight is 448 g/mol. The maximum absolute atomic E-state index is 11.4. The van der Waals surface area contributed by atoms with Gasteiger partial charge in [-0.25, -0.2) is 14.8 Å². The van der Waals surface area contributed by atoms with E-state index >= 15 is 0 Å². The van der Waals surface area contributed by atoms with Gasteiger partial charge in [0.2, 0.25) is 0 Å². The third-order valence-corrected chi connectivity index (χ3v) is 6.44. The Kier molecular flexibility index (Phi) is 6.32. The van der Waals surface area contributed by atoms with Gasteiger partial charge in [-0.3, -0.25) is 4.98 Å². The van der Waals surface area contributed by atoms with Gasteiger partial charge < -0.3 is 26.0 Å². The molecule has 1 aromatic carbocycles. The molecule has 4 heterocycles. The van der Waals surface area contributed by atoms with Crippen molar-refractivity contribution in [3.8, 4) is 11.3 Å². The molecule has 2 aliphatic heterocycles. The lowest BCUT2D eigenvalue weighted by atomic mass is 9.89. The van der Waals surface area contributed by atoms with Crippen molar-refractivity contribution in [2.45, 2.75) is 24.9 Å². The Labute approximate surface area is 192 Å². The molecule has 2 saturated heterocycles. The van der Waals surface area contributed by atoms with E-state index in [1.54, 1.807) is 17.3 Å². The number of carbonyl (C=O) groups excluding carboxylic acids is 1. The number of morpholine rings is 1. The number of anilines is 1. The molecule has 2 fully saturated rings. The molecular weight excluding hydrogens is 418 g/mol. The molecule has 172 valence electrons. The highest BCUT2D eigenvalue weighted by atomic mass is 16.5. The Hall–Kier alpha value is -3.30. The zero-order valence-electron chi connectivity index (χ0n) is 18.5. The van der Waals surface area contributed by atoms with Crippen LogP contribution in [-0.4, -0.2) is 71.3 Å². The number of carbonyl (C=O) groups is 1. The second kappa shape index (κ2) is 9.68. The summed E-state index contributed by atoms with van der Waals surface area (Å²) < 4.78 is 5.80. The minimum absolute atomic E-state index is 0.0937. The fraction of sp³-hybridized carbons (Fsp3) is 0.417. The zero-order valence-corrected chi connectivity index (χ0v) is 18.5. The van der Waals surface area contributed by atoms with Crippen LogP contribution in [0.15, 0.2) is 42.7 Å². The largest absolute Gasteiger partial charge is 0.374 e. The van der Waals surface area contributed by atoms with Crippen LogP contribution in [-0.2, 0) is 4.74 Å². The van der Waals surface area contributed by atoms with E-state index < -0.39 is 0 Å². The predicted molar refractivity (Wildman–Crippen MR) is 127 cm³/mol. The van der Waals surface area contributed by atoms with Gasteiger partial charge in [0.15, 0.2) is 5.82 Å². The lowest BCUT2D eigenvalue weighted by molar-refractivity contribution is 0.0372. The van der Waals surface area contributed by atoms with Crippen molar-refractivity contribution in [2.24, 2.45) is 5.73 Å². The molecule has 0 radical (unpaired) electrons. The fourth-order valence-electron chi connectivity index (χ4n) is 4.56. The molecule has 2 aromatic heterocycles. The first kappa shape index (κ1) is 21.5. The predicted octanol–water partition coefficient (Wildman–Crippen LogP) is 2.35. The number of nitrogens with two attached hydrogens (primary N) is 1. The molecule has 1 atom stereocenters. The first-order valence-electron chi connectivity index (χ1n) is 11.5. The zero-order chi connectivity index (χ0) is 22.6. The van der Waals surface area contributed by atoms with Gasteiger partial charge in [0.25, 0.3) is 0 Å². The molecule has 9 heteroatoms. The topological polar surface area (TPSA) is 118 Å².